The first-order valence-electron chi connectivity index (χ1n) is 5.09. The molecule has 0 aliphatic carbocycles. The molecule has 1 rings (SSSR count). The van der Waals surface area contributed by atoms with Crippen molar-refractivity contribution in [2.75, 3.05) is 13.2 Å². The SMILES string of the molecule is CCCCOP1OCCC(CC)O1. The predicted octanol–water partition coefficient (Wildman–Crippen LogP) is 3.25. The summed E-state index contributed by atoms with van der Waals surface area (Å²) in [4.78, 5) is 0. The lowest BCUT2D eigenvalue weighted by Gasteiger charge is -2.27. The van der Waals surface area contributed by atoms with Crippen LogP contribution in [0.1, 0.15) is 39.5 Å². The summed E-state index contributed by atoms with van der Waals surface area (Å²) in [5.41, 5.74) is 0. The minimum Gasteiger partial charge on any atom is -0.312 e. The van der Waals surface area contributed by atoms with E-state index in [0.717, 1.165) is 38.9 Å². The third-order valence-corrected chi connectivity index (χ3v) is 3.28. The van der Waals surface area contributed by atoms with E-state index in [9.17, 15) is 0 Å². The van der Waals surface area contributed by atoms with Gasteiger partial charge in [0.15, 0.2) is 0 Å². The average Bonchev–Trinajstić information content (AvgIpc) is 2.19. The molecule has 1 saturated heterocycles. The van der Waals surface area contributed by atoms with Gasteiger partial charge in [-0.05, 0) is 19.3 Å². The molecule has 2 unspecified atom stereocenters. The van der Waals surface area contributed by atoms with Crippen LogP contribution in [-0.2, 0) is 13.6 Å². The molecule has 0 N–H and O–H groups in total. The molecule has 0 amide bonds. The molecule has 0 bridgehead atoms. The summed E-state index contributed by atoms with van der Waals surface area (Å²) in [5.74, 6) is 0. The van der Waals surface area contributed by atoms with E-state index in [1.807, 2.05) is 0 Å². The maximum Gasteiger partial charge on any atom is 0.332 e. The zero-order valence-electron chi connectivity index (χ0n) is 8.49. The van der Waals surface area contributed by atoms with Gasteiger partial charge in [0, 0.05) is 0 Å². The molecule has 0 aromatic heterocycles. The van der Waals surface area contributed by atoms with Gasteiger partial charge in [-0.3, -0.25) is 0 Å². The molecule has 0 aromatic rings. The van der Waals surface area contributed by atoms with Gasteiger partial charge in [0.05, 0.1) is 19.3 Å². The second-order valence-corrected chi connectivity index (χ2v) is 4.34. The van der Waals surface area contributed by atoms with Crippen molar-refractivity contribution in [1.29, 1.82) is 0 Å². The van der Waals surface area contributed by atoms with Crippen LogP contribution in [0.25, 0.3) is 0 Å². The fraction of sp³-hybridized carbons (Fsp3) is 1.00. The first kappa shape index (κ1) is 11.4. The quantitative estimate of drug-likeness (QED) is 0.510. The van der Waals surface area contributed by atoms with E-state index >= 15 is 0 Å². The topological polar surface area (TPSA) is 27.7 Å². The highest BCUT2D eigenvalue weighted by Gasteiger charge is 2.23. The van der Waals surface area contributed by atoms with E-state index in [1.165, 1.54) is 0 Å². The average molecular weight is 206 g/mol. The molecule has 13 heavy (non-hydrogen) atoms. The molecule has 3 nitrogen and oxygen atoms in total. The lowest BCUT2D eigenvalue weighted by atomic mass is 10.2. The first-order chi connectivity index (χ1) is 6.36. The van der Waals surface area contributed by atoms with E-state index in [1.54, 1.807) is 0 Å². The summed E-state index contributed by atoms with van der Waals surface area (Å²) in [5, 5.41) is 0. The molecule has 0 saturated carbocycles. The Morgan fingerprint density at radius 3 is 3.00 bits per heavy atom. The number of unbranched alkanes of at least 4 members (excludes halogenated alkanes) is 1. The molecule has 0 spiro atoms. The first-order valence-corrected chi connectivity index (χ1v) is 6.19. The third-order valence-electron chi connectivity index (χ3n) is 2.02. The van der Waals surface area contributed by atoms with Crippen LogP contribution in [0.3, 0.4) is 0 Å². The number of hydrogen-bond donors (Lipinski definition) is 0. The minimum absolute atomic E-state index is 0.349. The van der Waals surface area contributed by atoms with E-state index in [-0.39, 0.29) is 0 Å². The monoisotopic (exact) mass is 206 g/mol. The van der Waals surface area contributed by atoms with Crippen LogP contribution in [0.2, 0.25) is 0 Å². The molecule has 0 aromatic carbocycles. The maximum absolute atomic E-state index is 5.60. The van der Waals surface area contributed by atoms with Crippen molar-refractivity contribution in [3.8, 4) is 0 Å². The van der Waals surface area contributed by atoms with Gasteiger partial charge in [-0.25, -0.2) is 0 Å². The van der Waals surface area contributed by atoms with Gasteiger partial charge >= 0.3 is 8.60 Å². The maximum atomic E-state index is 5.60. The smallest absolute Gasteiger partial charge is 0.312 e. The van der Waals surface area contributed by atoms with Crippen molar-refractivity contribution >= 4 is 8.60 Å². The van der Waals surface area contributed by atoms with Gasteiger partial charge in [0.1, 0.15) is 0 Å². The Bertz CT molecular complexity index is 132. The molecule has 0 radical (unpaired) electrons. The zero-order chi connectivity index (χ0) is 9.52. The largest absolute Gasteiger partial charge is 0.332 e. The van der Waals surface area contributed by atoms with Crippen molar-refractivity contribution in [1.82, 2.24) is 0 Å². The second kappa shape index (κ2) is 6.72. The van der Waals surface area contributed by atoms with Gasteiger partial charge in [-0.15, -0.1) is 0 Å². The van der Waals surface area contributed by atoms with Crippen LogP contribution < -0.4 is 0 Å². The van der Waals surface area contributed by atoms with Crippen molar-refractivity contribution in [2.45, 2.75) is 45.6 Å². The molecule has 1 heterocycles. The third kappa shape index (κ3) is 4.37. The molecular formula is C9H19O3P. The summed E-state index contributed by atoms with van der Waals surface area (Å²) in [6.45, 7) is 5.83. The summed E-state index contributed by atoms with van der Waals surface area (Å²) in [7, 11) is -1.03. The van der Waals surface area contributed by atoms with Gasteiger partial charge < -0.3 is 13.6 Å². The molecule has 2 atom stereocenters. The highest BCUT2D eigenvalue weighted by Crippen LogP contribution is 2.45. The van der Waals surface area contributed by atoms with Crippen LogP contribution in [0, 0.1) is 0 Å². The van der Waals surface area contributed by atoms with Gasteiger partial charge in [0.2, 0.25) is 0 Å². The predicted molar refractivity (Wildman–Crippen MR) is 53.5 cm³/mol. The number of hydrogen-bond acceptors (Lipinski definition) is 3. The lowest BCUT2D eigenvalue weighted by molar-refractivity contribution is 0.0596. The molecule has 78 valence electrons. The standard InChI is InChI=1S/C9H19O3P/c1-3-5-7-10-13-11-8-6-9(4-2)12-13/h9H,3-8H2,1-2H3. The Kier molecular flexibility index (Phi) is 5.88. The van der Waals surface area contributed by atoms with Crippen LogP contribution in [0.15, 0.2) is 0 Å². The normalized spacial score (nSPS) is 29.1. The van der Waals surface area contributed by atoms with Gasteiger partial charge in [-0.1, -0.05) is 20.3 Å². The fourth-order valence-electron chi connectivity index (χ4n) is 1.09. The lowest BCUT2D eigenvalue weighted by Crippen LogP contribution is -2.18. The van der Waals surface area contributed by atoms with Crippen LogP contribution in [0.4, 0.5) is 0 Å². The highest BCUT2D eigenvalue weighted by molar-refractivity contribution is 7.41. The van der Waals surface area contributed by atoms with Gasteiger partial charge in [0.25, 0.3) is 0 Å². The Balaban J connectivity index is 2.11. The van der Waals surface area contributed by atoms with E-state index in [0.29, 0.717) is 6.10 Å². The Morgan fingerprint density at radius 2 is 2.31 bits per heavy atom. The minimum atomic E-state index is -1.03. The van der Waals surface area contributed by atoms with Crippen molar-refractivity contribution in [3.05, 3.63) is 0 Å². The Morgan fingerprint density at radius 1 is 1.46 bits per heavy atom. The van der Waals surface area contributed by atoms with E-state index in [2.05, 4.69) is 13.8 Å². The van der Waals surface area contributed by atoms with Crippen LogP contribution >= 0.6 is 8.60 Å². The molecule has 1 fully saturated rings. The highest BCUT2D eigenvalue weighted by atomic mass is 31.2. The van der Waals surface area contributed by atoms with Crippen molar-refractivity contribution in [3.63, 3.8) is 0 Å². The van der Waals surface area contributed by atoms with Crippen molar-refractivity contribution in [2.24, 2.45) is 0 Å². The number of rotatable bonds is 5. The van der Waals surface area contributed by atoms with Crippen LogP contribution in [0.5, 0.6) is 0 Å². The molecule has 1 aliphatic heterocycles. The van der Waals surface area contributed by atoms with Crippen molar-refractivity contribution < 1.29 is 13.6 Å². The Labute approximate surface area is 81.8 Å². The summed E-state index contributed by atoms with van der Waals surface area (Å²) >= 11 is 0. The fourth-order valence-corrected chi connectivity index (χ4v) is 2.32. The second-order valence-electron chi connectivity index (χ2n) is 3.17. The van der Waals surface area contributed by atoms with Crippen LogP contribution in [-0.4, -0.2) is 19.3 Å². The van der Waals surface area contributed by atoms with Gasteiger partial charge in [-0.2, -0.15) is 0 Å². The zero-order valence-corrected chi connectivity index (χ0v) is 9.39. The molecule has 1 aliphatic rings. The summed E-state index contributed by atoms with van der Waals surface area (Å²) < 4.78 is 16.5. The van der Waals surface area contributed by atoms with E-state index in [4.69, 9.17) is 13.6 Å². The summed E-state index contributed by atoms with van der Waals surface area (Å²) in [6, 6.07) is 0. The summed E-state index contributed by atoms with van der Waals surface area (Å²) in [6.07, 6.45) is 4.65. The molecule has 4 heteroatoms. The Hall–Kier alpha value is 0.310. The van der Waals surface area contributed by atoms with E-state index < -0.39 is 8.60 Å². The molecular weight excluding hydrogens is 187 g/mol.